The molecule has 1 aromatic heterocycles. The maximum Gasteiger partial charge on any atom is 0.163 e. The van der Waals surface area contributed by atoms with Crippen molar-refractivity contribution in [2.75, 3.05) is 19.7 Å². The van der Waals surface area contributed by atoms with Crippen LogP contribution in [0.3, 0.4) is 0 Å². The maximum atomic E-state index is 12.2. The Morgan fingerprint density at radius 3 is 3.26 bits per heavy atom. The first kappa shape index (κ1) is 12.8. The fourth-order valence-electron chi connectivity index (χ4n) is 3.05. The molecule has 0 aliphatic carbocycles. The van der Waals surface area contributed by atoms with Gasteiger partial charge < -0.3 is 9.30 Å². The van der Waals surface area contributed by atoms with Crippen LogP contribution >= 0.6 is 0 Å². The van der Waals surface area contributed by atoms with Crippen LogP contribution in [0.5, 0.6) is 0 Å². The first-order chi connectivity index (χ1) is 9.24. The standard InChI is InChI=1S/C14H21N3O2/c1-16-8-6-15-14(16)5-4-12(18)13-9-17-7-2-3-11(17)10-19-13/h6,8,11,13H,2-5,7,9-10H2,1H3. The van der Waals surface area contributed by atoms with Crippen LogP contribution in [0.15, 0.2) is 12.4 Å². The fourth-order valence-corrected chi connectivity index (χ4v) is 3.05. The summed E-state index contributed by atoms with van der Waals surface area (Å²) in [6.45, 7) is 2.63. The van der Waals surface area contributed by atoms with Gasteiger partial charge in [-0.25, -0.2) is 4.98 Å². The lowest BCUT2D eigenvalue weighted by molar-refractivity contribution is -0.138. The Bertz CT molecular complexity index is 457. The highest BCUT2D eigenvalue weighted by Gasteiger charge is 2.34. The normalized spacial score (nSPS) is 27.4. The number of nitrogens with zero attached hydrogens (tertiary/aromatic N) is 3. The van der Waals surface area contributed by atoms with Gasteiger partial charge in [-0.15, -0.1) is 0 Å². The van der Waals surface area contributed by atoms with Crippen LogP contribution in [-0.4, -0.2) is 52.1 Å². The van der Waals surface area contributed by atoms with Gasteiger partial charge in [0.15, 0.2) is 5.78 Å². The van der Waals surface area contributed by atoms with Gasteiger partial charge in [-0.2, -0.15) is 0 Å². The molecule has 3 rings (SSSR count). The number of aromatic nitrogens is 2. The van der Waals surface area contributed by atoms with Crippen LogP contribution in [0.25, 0.3) is 0 Å². The molecular weight excluding hydrogens is 242 g/mol. The number of Topliss-reactive ketones (excluding diaryl/α,β-unsaturated/α-hetero) is 1. The number of aryl methyl sites for hydroxylation is 2. The van der Waals surface area contributed by atoms with Crippen molar-refractivity contribution >= 4 is 5.78 Å². The average molecular weight is 263 g/mol. The molecule has 5 heteroatoms. The molecule has 19 heavy (non-hydrogen) atoms. The zero-order chi connectivity index (χ0) is 13.2. The largest absolute Gasteiger partial charge is 0.367 e. The first-order valence-electron chi connectivity index (χ1n) is 7.08. The summed E-state index contributed by atoms with van der Waals surface area (Å²) < 4.78 is 7.70. The lowest BCUT2D eigenvalue weighted by Crippen LogP contribution is -2.49. The van der Waals surface area contributed by atoms with Crippen LogP contribution in [0.2, 0.25) is 0 Å². The molecule has 3 heterocycles. The lowest BCUT2D eigenvalue weighted by atomic mass is 10.1. The van der Waals surface area contributed by atoms with E-state index in [0.717, 1.165) is 25.5 Å². The third-order valence-electron chi connectivity index (χ3n) is 4.26. The van der Waals surface area contributed by atoms with Gasteiger partial charge in [0, 0.05) is 44.9 Å². The molecule has 2 unspecified atom stereocenters. The molecule has 0 spiro atoms. The topological polar surface area (TPSA) is 47.4 Å². The molecule has 0 N–H and O–H groups in total. The number of carbonyl (C=O) groups excluding carboxylic acids is 1. The lowest BCUT2D eigenvalue weighted by Gasteiger charge is -2.34. The van der Waals surface area contributed by atoms with Gasteiger partial charge in [-0.3, -0.25) is 9.69 Å². The quantitative estimate of drug-likeness (QED) is 0.805. The zero-order valence-corrected chi connectivity index (χ0v) is 11.4. The number of ether oxygens (including phenoxy) is 1. The second kappa shape index (κ2) is 5.43. The van der Waals surface area contributed by atoms with E-state index in [4.69, 9.17) is 4.74 Å². The maximum absolute atomic E-state index is 12.2. The van der Waals surface area contributed by atoms with E-state index in [1.54, 1.807) is 6.20 Å². The van der Waals surface area contributed by atoms with Crippen LogP contribution in [0.1, 0.15) is 25.1 Å². The van der Waals surface area contributed by atoms with Crippen molar-refractivity contribution in [1.29, 1.82) is 0 Å². The van der Waals surface area contributed by atoms with Gasteiger partial charge in [0.25, 0.3) is 0 Å². The number of imidazole rings is 1. The zero-order valence-electron chi connectivity index (χ0n) is 11.4. The number of ketones is 1. The van der Waals surface area contributed by atoms with Gasteiger partial charge in [0.1, 0.15) is 11.9 Å². The van der Waals surface area contributed by atoms with E-state index in [9.17, 15) is 4.79 Å². The van der Waals surface area contributed by atoms with E-state index in [0.29, 0.717) is 18.9 Å². The average Bonchev–Trinajstić information content (AvgIpc) is 3.03. The molecule has 2 fully saturated rings. The highest BCUT2D eigenvalue weighted by Crippen LogP contribution is 2.23. The second-order valence-electron chi connectivity index (χ2n) is 5.53. The van der Waals surface area contributed by atoms with E-state index >= 15 is 0 Å². The molecule has 2 saturated heterocycles. The van der Waals surface area contributed by atoms with Crippen molar-refractivity contribution in [1.82, 2.24) is 14.5 Å². The Morgan fingerprint density at radius 1 is 1.58 bits per heavy atom. The number of rotatable bonds is 4. The van der Waals surface area contributed by atoms with Gasteiger partial charge in [-0.05, 0) is 19.4 Å². The van der Waals surface area contributed by atoms with E-state index in [1.807, 2.05) is 17.8 Å². The SMILES string of the molecule is Cn1ccnc1CCC(=O)C1CN2CCCC2CO1. The van der Waals surface area contributed by atoms with Crippen molar-refractivity contribution in [2.45, 2.75) is 37.8 Å². The van der Waals surface area contributed by atoms with E-state index in [1.165, 1.54) is 12.8 Å². The molecule has 0 radical (unpaired) electrons. The molecule has 0 amide bonds. The summed E-state index contributed by atoms with van der Waals surface area (Å²) in [5, 5.41) is 0. The number of fused-ring (bicyclic) bond motifs is 1. The minimum Gasteiger partial charge on any atom is -0.367 e. The molecule has 0 saturated carbocycles. The van der Waals surface area contributed by atoms with Crippen molar-refractivity contribution in [2.24, 2.45) is 7.05 Å². The van der Waals surface area contributed by atoms with Crippen molar-refractivity contribution in [3.63, 3.8) is 0 Å². The molecule has 2 aliphatic heterocycles. The Labute approximate surface area is 113 Å². The van der Waals surface area contributed by atoms with Gasteiger partial charge in [0.2, 0.25) is 0 Å². The molecule has 2 aliphatic rings. The second-order valence-corrected chi connectivity index (χ2v) is 5.53. The Kier molecular flexibility index (Phi) is 3.66. The van der Waals surface area contributed by atoms with E-state index in [2.05, 4.69) is 9.88 Å². The predicted molar refractivity (Wildman–Crippen MR) is 70.9 cm³/mol. The summed E-state index contributed by atoms with van der Waals surface area (Å²) in [6.07, 6.45) is 7.13. The Morgan fingerprint density at radius 2 is 2.47 bits per heavy atom. The van der Waals surface area contributed by atoms with Gasteiger partial charge in [0.05, 0.1) is 6.61 Å². The number of carbonyl (C=O) groups is 1. The number of hydrogen-bond donors (Lipinski definition) is 0. The van der Waals surface area contributed by atoms with E-state index < -0.39 is 0 Å². The minimum atomic E-state index is -0.227. The third-order valence-corrected chi connectivity index (χ3v) is 4.26. The summed E-state index contributed by atoms with van der Waals surface area (Å²) in [7, 11) is 1.96. The van der Waals surface area contributed by atoms with Crippen LogP contribution < -0.4 is 0 Å². The summed E-state index contributed by atoms with van der Waals surface area (Å²) in [6, 6.07) is 0.554. The molecular formula is C14H21N3O2. The van der Waals surface area contributed by atoms with Gasteiger partial charge in [-0.1, -0.05) is 0 Å². The molecule has 0 aromatic carbocycles. The first-order valence-corrected chi connectivity index (χ1v) is 7.08. The summed E-state index contributed by atoms with van der Waals surface area (Å²) in [5.74, 6) is 1.18. The van der Waals surface area contributed by atoms with Crippen molar-refractivity contribution in [3.05, 3.63) is 18.2 Å². The number of morpholine rings is 1. The highest BCUT2D eigenvalue weighted by molar-refractivity contribution is 5.83. The number of hydrogen-bond acceptors (Lipinski definition) is 4. The van der Waals surface area contributed by atoms with Crippen LogP contribution in [0.4, 0.5) is 0 Å². The van der Waals surface area contributed by atoms with E-state index in [-0.39, 0.29) is 11.9 Å². The predicted octanol–water partition coefficient (Wildman–Crippen LogP) is 0.785. The molecule has 1 aromatic rings. The molecule has 104 valence electrons. The Hall–Kier alpha value is -1.20. The Balaban J connectivity index is 1.52. The molecule has 0 bridgehead atoms. The van der Waals surface area contributed by atoms with Crippen molar-refractivity contribution < 1.29 is 9.53 Å². The summed E-state index contributed by atoms with van der Waals surface area (Å²) in [5.41, 5.74) is 0. The smallest absolute Gasteiger partial charge is 0.163 e. The van der Waals surface area contributed by atoms with Crippen LogP contribution in [0, 0.1) is 0 Å². The summed E-state index contributed by atoms with van der Waals surface area (Å²) >= 11 is 0. The van der Waals surface area contributed by atoms with Crippen LogP contribution in [-0.2, 0) is 23.0 Å². The minimum absolute atomic E-state index is 0.216. The fraction of sp³-hybridized carbons (Fsp3) is 0.714. The monoisotopic (exact) mass is 263 g/mol. The highest BCUT2D eigenvalue weighted by atomic mass is 16.5. The van der Waals surface area contributed by atoms with Gasteiger partial charge >= 0.3 is 0 Å². The van der Waals surface area contributed by atoms with Crippen molar-refractivity contribution in [3.8, 4) is 0 Å². The third kappa shape index (κ3) is 2.72. The summed E-state index contributed by atoms with van der Waals surface area (Å²) in [4.78, 5) is 18.9. The molecule has 2 atom stereocenters. The molecule has 5 nitrogen and oxygen atoms in total.